The van der Waals surface area contributed by atoms with Gasteiger partial charge in [-0.3, -0.25) is 0 Å². The zero-order valence-electron chi connectivity index (χ0n) is 12.4. The van der Waals surface area contributed by atoms with Gasteiger partial charge in [-0.15, -0.1) is 0 Å². The van der Waals surface area contributed by atoms with Gasteiger partial charge in [0.05, 0.1) is 20.3 Å². The van der Waals surface area contributed by atoms with E-state index in [1.807, 2.05) is 12.1 Å². The molecule has 0 radical (unpaired) electrons. The van der Waals surface area contributed by atoms with E-state index in [9.17, 15) is 0 Å². The third kappa shape index (κ3) is 7.27. The molecule has 1 atom stereocenters. The first-order chi connectivity index (χ1) is 9.80. The van der Waals surface area contributed by atoms with Crippen molar-refractivity contribution in [3.8, 4) is 5.75 Å². The Morgan fingerprint density at radius 1 is 1.15 bits per heavy atom. The molecule has 1 aromatic rings. The average molecular weight is 345 g/mol. The van der Waals surface area contributed by atoms with Crippen molar-refractivity contribution in [3.05, 3.63) is 29.8 Å². The summed E-state index contributed by atoms with van der Waals surface area (Å²) in [6, 6.07) is 8.31. The molecule has 114 valence electrons. The van der Waals surface area contributed by atoms with Crippen molar-refractivity contribution in [2.75, 3.05) is 39.4 Å². The Morgan fingerprint density at radius 2 is 2.00 bits per heavy atom. The second kappa shape index (κ2) is 11.1. The third-order valence-corrected chi connectivity index (χ3v) is 4.13. The van der Waals surface area contributed by atoms with Gasteiger partial charge in [0.2, 0.25) is 0 Å². The number of alkyl halides is 1. The maximum Gasteiger partial charge on any atom is 0.119 e. The van der Waals surface area contributed by atoms with Crippen LogP contribution in [0.4, 0.5) is 0 Å². The number of halogens is 1. The summed E-state index contributed by atoms with van der Waals surface area (Å²) in [7, 11) is 3.40. The van der Waals surface area contributed by atoms with Crippen LogP contribution in [0.5, 0.6) is 5.75 Å². The molecule has 20 heavy (non-hydrogen) atoms. The van der Waals surface area contributed by atoms with Crippen LogP contribution >= 0.6 is 15.9 Å². The molecule has 1 aromatic carbocycles. The van der Waals surface area contributed by atoms with Gasteiger partial charge in [-0.25, -0.2) is 0 Å². The zero-order chi connectivity index (χ0) is 14.6. The molecule has 0 fully saturated rings. The monoisotopic (exact) mass is 344 g/mol. The molecule has 0 bridgehead atoms. The van der Waals surface area contributed by atoms with Crippen LogP contribution in [0.3, 0.4) is 0 Å². The van der Waals surface area contributed by atoms with E-state index in [-0.39, 0.29) is 0 Å². The molecule has 0 aromatic heterocycles. The Morgan fingerprint density at radius 3 is 2.70 bits per heavy atom. The quantitative estimate of drug-likeness (QED) is 0.452. The molecule has 0 amide bonds. The third-order valence-electron chi connectivity index (χ3n) is 3.21. The van der Waals surface area contributed by atoms with Gasteiger partial charge in [0.25, 0.3) is 0 Å². The van der Waals surface area contributed by atoms with E-state index in [1.54, 1.807) is 14.2 Å². The van der Waals surface area contributed by atoms with Crippen molar-refractivity contribution in [1.82, 2.24) is 0 Å². The molecule has 0 aliphatic carbocycles. The topological polar surface area (TPSA) is 27.7 Å². The summed E-state index contributed by atoms with van der Waals surface area (Å²) < 4.78 is 15.7. The first kappa shape index (κ1) is 17.5. The number of methoxy groups -OCH3 is 2. The van der Waals surface area contributed by atoms with Crippen LogP contribution in [0.25, 0.3) is 0 Å². The number of hydrogen-bond donors (Lipinski definition) is 0. The van der Waals surface area contributed by atoms with Crippen LogP contribution in [0.2, 0.25) is 0 Å². The predicted molar refractivity (Wildman–Crippen MR) is 85.9 cm³/mol. The minimum atomic E-state index is 0.633. The molecule has 4 heteroatoms. The summed E-state index contributed by atoms with van der Waals surface area (Å²) in [6.07, 6.45) is 3.32. The lowest BCUT2D eigenvalue weighted by Crippen LogP contribution is -2.09. The van der Waals surface area contributed by atoms with Crippen molar-refractivity contribution in [2.24, 2.45) is 5.92 Å². The second-order valence-corrected chi connectivity index (χ2v) is 5.47. The molecule has 0 heterocycles. The van der Waals surface area contributed by atoms with Crippen molar-refractivity contribution >= 4 is 15.9 Å². The molecular weight excluding hydrogens is 320 g/mol. The van der Waals surface area contributed by atoms with Gasteiger partial charge in [-0.1, -0.05) is 28.1 Å². The van der Waals surface area contributed by atoms with Crippen LogP contribution in [0.1, 0.15) is 18.4 Å². The van der Waals surface area contributed by atoms with E-state index in [4.69, 9.17) is 14.2 Å². The lowest BCUT2D eigenvalue weighted by Gasteiger charge is -2.14. The summed E-state index contributed by atoms with van der Waals surface area (Å²) >= 11 is 3.61. The average Bonchev–Trinajstić information content (AvgIpc) is 2.49. The van der Waals surface area contributed by atoms with Crippen LogP contribution in [-0.2, 0) is 15.9 Å². The van der Waals surface area contributed by atoms with E-state index in [0.29, 0.717) is 19.1 Å². The fourth-order valence-electron chi connectivity index (χ4n) is 2.08. The summed E-state index contributed by atoms with van der Waals surface area (Å²) in [5.74, 6) is 1.56. The Bertz CT molecular complexity index is 357. The first-order valence-electron chi connectivity index (χ1n) is 7.05. The number of ether oxygens (including phenoxy) is 3. The van der Waals surface area contributed by atoms with Gasteiger partial charge in [0.15, 0.2) is 0 Å². The predicted octanol–water partition coefficient (Wildman–Crippen LogP) is 3.69. The molecule has 0 aliphatic heterocycles. The van der Waals surface area contributed by atoms with Gasteiger partial charge >= 0.3 is 0 Å². The minimum absolute atomic E-state index is 0.633. The molecule has 0 spiro atoms. The van der Waals surface area contributed by atoms with Gasteiger partial charge in [0, 0.05) is 19.0 Å². The van der Waals surface area contributed by atoms with Crippen molar-refractivity contribution < 1.29 is 14.2 Å². The van der Waals surface area contributed by atoms with E-state index in [0.717, 1.165) is 36.9 Å². The lowest BCUT2D eigenvalue weighted by atomic mass is 9.96. The smallest absolute Gasteiger partial charge is 0.119 e. The van der Waals surface area contributed by atoms with E-state index >= 15 is 0 Å². The second-order valence-electron chi connectivity index (χ2n) is 4.82. The molecule has 0 aliphatic rings. The van der Waals surface area contributed by atoms with Gasteiger partial charge in [-0.05, 0) is 42.9 Å². The SMILES string of the molecule is COCCOCCCC(CBr)Cc1cccc(OC)c1. The Hall–Kier alpha value is -0.580. The van der Waals surface area contributed by atoms with E-state index < -0.39 is 0 Å². The Balaban J connectivity index is 2.27. The van der Waals surface area contributed by atoms with Crippen molar-refractivity contribution in [2.45, 2.75) is 19.3 Å². The standard InChI is InChI=1S/C16H25BrO3/c1-18-9-10-20-8-4-6-15(13-17)11-14-5-3-7-16(12-14)19-2/h3,5,7,12,15H,4,6,8-11,13H2,1-2H3. The maximum atomic E-state index is 5.50. The minimum Gasteiger partial charge on any atom is -0.497 e. The number of rotatable bonds is 11. The molecule has 1 unspecified atom stereocenters. The van der Waals surface area contributed by atoms with Crippen LogP contribution in [-0.4, -0.2) is 39.4 Å². The molecule has 0 N–H and O–H groups in total. The summed E-state index contributed by atoms with van der Waals surface area (Å²) in [6.45, 7) is 2.17. The van der Waals surface area contributed by atoms with E-state index in [1.165, 1.54) is 5.56 Å². The van der Waals surface area contributed by atoms with E-state index in [2.05, 4.69) is 28.1 Å². The summed E-state index contributed by atoms with van der Waals surface area (Å²) in [5, 5.41) is 1.02. The zero-order valence-corrected chi connectivity index (χ0v) is 14.0. The Labute approximate surface area is 130 Å². The molecule has 0 saturated heterocycles. The normalized spacial score (nSPS) is 12.3. The highest BCUT2D eigenvalue weighted by Crippen LogP contribution is 2.20. The van der Waals surface area contributed by atoms with Crippen molar-refractivity contribution in [1.29, 1.82) is 0 Å². The molecule has 3 nitrogen and oxygen atoms in total. The van der Waals surface area contributed by atoms with Crippen LogP contribution in [0, 0.1) is 5.92 Å². The molecule has 1 rings (SSSR count). The van der Waals surface area contributed by atoms with Crippen molar-refractivity contribution in [3.63, 3.8) is 0 Å². The maximum absolute atomic E-state index is 5.50. The van der Waals surface area contributed by atoms with Crippen LogP contribution in [0.15, 0.2) is 24.3 Å². The highest BCUT2D eigenvalue weighted by atomic mass is 79.9. The molecular formula is C16H25BrO3. The summed E-state index contributed by atoms with van der Waals surface area (Å²) in [5.41, 5.74) is 1.33. The first-order valence-corrected chi connectivity index (χ1v) is 8.18. The van der Waals surface area contributed by atoms with Crippen LogP contribution < -0.4 is 4.74 Å². The highest BCUT2D eigenvalue weighted by molar-refractivity contribution is 9.09. The number of benzene rings is 1. The van der Waals surface area contributed by atoms with Gasteiger partial charge in [-0.2, -0.15) is 0 Å². The Kier molecular flexibility index (Phi) is 9.71. The van der Waals surface area contributed by atoms with Gasteiger partial charge < -0.3 is 14.2 Å². The highest BCUT2D eigenvalue weighted by Gasteiger charge is 2.09. The van der Waals surface area contributed by atoms with Gasteiger partial charge in [0.1, 0.15) is 5.75 Å². The largest absolute Gasteiger partial charge is 0.497 e. The fraction of sp³-hybridized carbons (Fsp3) is 0.625. The fourth-order valence-corrected chi connectivity index (χ4v) is 2.64. The summed E-state index contributed by atoms with van der Waals surface area (Å²) in [4.78, 5) is 0. The lowest BCUT2D eigenvalue weighted by molar-refractivity contribution is 0.0675. The number of hydrogen-bond acceptors (Lipinski definition) is 3. The molecule has 0 saturated carbocycles.